The van der Waals surface area contributed by atoms with E-state index < -0.39 is 11.6 Å². The van der Waals surface area contributed by atoms with Crippen molar-refractivity contribution in [2.75, 3.05) is 0 Å². The smallest absolute Gasteiger partial charge is 0.186 e. The molecule has 3 aromatic rings. The third kappa shape index (κ3) is 1.71. The van der Waals surface area contributed by atoms with Crippen molar-refractivity contribution in [2.45, 2.75) is 13.3 Å². The van der Waals surface area contributed by atoms with Gasteiger partial charge in [0, 0.05) is 4.88 Å². The first-order valence-corrected chi connectivity index (χ1v) is 6.43. The third-order valence-corrected chi connectivity index (χ3v) is 4.03. The molecule has 2 nitrogen and oxygen atoms in total. The van der Waals surface area contributed by atoms with E-state index in [0.29, 0.717) is 11.3 Å². The molecule has 0 unspecified atom stereocenters. The van der Waals surface area contributed by atoms with Gasteiger partial charge in [0.2, 0.25) is 0 Å². The van der Waals surface area contributed by atoms with Gasteiger partial charge >= 0.3 is 0 Å². The van der Waals surface area contributed by atoms with E-state index in [-0.39, 0.29) is 5.52 Å². The van der Waals surface area contributed by atoms with Crippen LogP contribution in [0.2, 0.25) is 0 Å². The SMILES string of the molecule is CCc1ccc(-c2nc3c(F)c(F)ccc3[nH]2)s1. The zero-order chi connectivity index (χ0) is 12.7. The van der Waals surface area contributed by atoms with E-state index in [2.05, 4.69) is 16.9 Å². The highest BCUT2D eigenvalue weighted by Crippen LogP contribution is 2.29. The number of hydrogen-bond acceptors (Lipinski definition) is 2. The van der Waals surface area contributed by atoms with Crippen LogP contribution < -0.4 is 0 Å². The Balaban J connectivity index is 2.16. The molecule has 1 N–H and O–H groups in total. The number of nitrogens with one attached hydrogen (secondary N) is 1. The van der Waals surface area contributed by atoms with Crippen molar-refractivity contribution in [3.8, 4) is 10.7 Å². The minimum atomic E-state index is -0.901. The van der Waals surface area contributed by atoms with Crippen LogP contribution in [-0.4, -0.2) is 9.97 Å². The fourth-order valence-corrected chi connectivity index (χ4v) is 2.72. The van der Waals surface area contributed by atoms with E-state index in [1.807, 2.05) is 12.1 Å². The number of aromatic amines is 1. The van der Waals surface area contributed by atoms with Crippen molar-refractivity contribution in [2.24, 2.45) is 0 Å². The van der Waals surface area contributed by atoms with Crippen LogP contribution >= 0.6 is 11.3 Å². The molecule has 1 aromatic carbocycles. The van der Waals surface area contributed by atoms with E-state index >= 15 is 0 Å². The van der Waals surface area contributed by atoms with E-state index in [1.165, 1.54) is 10.9 Å². The van der Waals surface area contributed by atoms with Crippen molar-refractivity contribution in [1.29, 1.82) is 0 Å². The molecular formula is C13H10F2N2S. The van der Waals surface area contributed by atoms with Gasteiger partial charge in [-0.15, -0.1) is 11.3 Å². The molecule has 0 aliphatic carbocycles. The van der Waals surface area contributed by atoms with E-state index in [1.54, 1.807) is 11.3 Å². The van der Waals surface area contributed by atoms with Gasteiger partial charge < -0.3 is 4.98 Å². The topological polar surface area (TPSA) is 28.7 Å². The molecule has 0 aliphatic rings. The lowest BCUT2D eigenvalue weighted by atomic mass is 10.3. The number of benzene rings is 1. The largest absolute Gasteiger partial charge is 0.337 e. The van der Waals surface area contributed by atoms with E-state index in [4.69, 9.17) is 0 Å². The summed E-state index contributed by atoms with van der Waals surface area (Å²) >= 11 is 1.60. The van der Waals surface area contributed by atoms with Crippen LogP contribution in [-0.2, 0) is 6.42 Å². The first-order valence-electron chi connectivity index (χ1n) is 5.62. The van der Waals surface area contributed by atoms with Gasteiger partial charge in [0.25, 0.3) is 0 Å². The highest BCUT2D eigenvalue weighted by molar-refractivity contribution is 7.15. The van der Waals surface area contributed by atoms with Gasteiger partial charge in [-0.1, -0.05) is 6.92 Å². The second kappa shape index (κ2) is 4.17. The third-order valence-electron chi connectivity index (χ3n) is 2.79. The quantitative estimate of drug-likeness (QED) is 0.740. The van der Waals surface area contributed by atoms with Crippen LogP contribution in [0, 0.1) is 11.6 Å². The number of halogens is 2. The molecule has 0 radical (unpaired) electrons. The lowest BCUT2D eigenvalue weighted by molar-refractivity contribution is 0.515. The average molecular weight is 264 g/mol. The lowest BCUT2D eigenvalue weighted by Gasteiger charge is -1.91. The Labute approximate surface area is 106 Å². The molecule has 3 rings (SSSR count). The second-order valence-electron chi connectivity index (χ2n) is 3.96. The van der Waals surface area contributed by atoms with Crippen molar-refractivity contribution in [3.05, 3.63) is 40.8 Å². The first-order chi connectivity index (χ1) is 8.69. The number of thiophene rings is 1. The number of aromatic nitrogens is 2. The molecule has 18 heavy (non-hydrogen) atoms. The van der Waals surface area contributed by atoms with Gasteiger partial charge in [-0.3, -0.25) is 0 Å². The minimum absolute atomic E-state index is 0.0523. The summed E-state index contributed by atoms with van der Waals surface area (Å²) in [5, 5.41) is 0. The summed E-state index contributed by atoms with van der Waals surface area (Å²) < 4.78 is 26.6. The number of nitrogens with zero attached hydrogens (tertiary/aromatic N) is 1. The maximum absolute atomic E-state index is 13.5. The van der Waals surface area contributed by atoms with Gasteiger partial charge in [0.05, 0.1) is 10.4 Å². The molecule has 92 valence electrons. The Morgan fingerprint density at radius 1 is 1.22 bits per heavy atom. The van der Waals surface area contributed by atoms with Gasteiger partial charge in [0.15, 0.2) is 11.6 Å². The van der Waals surface area contributed by atoms with Gasteiger partial charge in [-0.05, 0) is 30.7 Å². The van der Waals surface area contributed by atoms with Crippen LogP contribution in [0.3, 0.4) is 0 Å². The Morgan fingerprint density at radius 3 is 2.78 bits per heavy atom. The van der Waals surface area contributed by atoms with Crippen molar-refractivity contribution >= 4 is 22.4 Å². The number of aryl methyl sites for hydroxylation is 1. The zero-order valence-electron chi connectivity index (χ0n) is 9.63. The Hall–Kier alpha value is -1.75. The fourth-order valence-electron chi connectivity index (χ4n) is 1.83. The molecule has 0 saturated carbocycles. The maximum atomic E-state index is 13.5. The van der Waals surface area contributed by atoms with Crippen molar-refractivity contribution < 1.29 is 8.78 Å². The van der Waals surface area contributed by atoms with E-state index in [0.717, 1.165) is 17.4 Å². The standard InChI is InChI=1S/C13H10F2N2S/c1-2-7-3-6-10(18-7)13-16-9-5-4-8(14)11(15)12(9)17-13/h3-6H,2H2,1H3,(H,16,17). The van der Waals surface area contributed by atoms with Gasteiger partial charge in [-0.2, -0.15) is 0 Å². The molecule has 0 aliphatic heterocycles. The summed E-state index contributed by atoms with van der Waals surface area (Å²) in [5.41, 5.74) is 0.562. The normalized spacial score (nSPS) is 11.3. The maximum Gasteiger partial charge on any atom is 0.186 e. The Bertz CT molecular complexity index is 715. The molecule has 0 bridgehead atoms. The summed E-state index contributed by atoms with van der Waals surface area (Å²) in [6.07, 6.45) is 0.952. The molecular weight excluding hydrogens is 254 g/mol. The van der Waals surface area contributed by atoms with Crippen molar-refractivity contribution in [3.63, 3.8) is 0 Å². The summed E-state index contributed by atoms with van der Waals surface area (Å²) in [4.78, 5) is 9.31. The van der Waals surface area contributed by atoms with Crippen LogP contribution in [0.1, 0.15) is 11.8 Å². The second-order valence-corrected chi connectivity index (χ2v) is 5.13. The van der Waals surface area contributed by atoms with Gasteiger partial charge in [-0.25, -0.2) is 13.8 Å². The monoisotopic (exact) mass is 264 g/mol. The highest BCUT2D eigenvalue weighted by atomic mass is 32.1. The van der Waals surface area contributed by atoms with Crippen LogP contribution in [0.15, 0.2) is 24.3 Å². The lowest BCUT2D eigenvalue weighted by Crippen LogP contribution is -1.84. The number of hydrogen-bond donors (Lipinski definition) is 1. The Kier molecular flexibility index (Phi) is 2.63. The molecule has 0 amide bonds. The molecule has 0 fully saturated rings. The van der Waals surface area contributed by atoms with Crippen LogP contribution in [0.5, 0.6) is 0 Å². The van der Waals surface area contributed by atoms with Crippen molar-refractivity contribution in [1.82, 2.24) is 9.97 Å². The first kappa shape index (κ1) is 11.3. The summed E-state index contributed by atoms with van der Waals surface area (Å²) in [6.45, 7) is 2.07. The molecule has 2 heterocycles. The molecule has 5 heteroatoms. The summed E-state index contributed by atoms with van der Waals surface area (Å²) in [5.74, 6) is -1.19. The number of fused-ring (bicyclic) bond motifs is 1. The number of rotatable bonds is 2. The molecule has 0 spiro atoms. The molecule has 0 atom stereocenters. The zero-order valence-corrected chi connectivity index (χ0v) is 10.4. The summed E-state index contributed by atoms with van der Waals surface area (Å²) in [6, 6.07) is 6.56. The highest BCUT2D eigenvalue weighted by Gasteiger charge is 2.13. The van der Waals surface area contributed by atoms with Crippen LogP contribution in [0.4, 0.5) is 8.78 Å². The predicted molar refractivity (Wildman–Crippen MR) is 68.7 cm³/mol. The molecule has 0 saturated heterocycles. The van der Waals surface area contributed by atoms with Crippen LogP contribution in [0.25, 0.3) is 21.7 Å². The predicted octanol–water partition coefficient (Wildman–Crippen LogP) is 4.13. The number of H-pyrrole nitrogens is 1. The minimum Gasteiger partial charge on any atom is -0.337 e. The van der Waals surface area contributed by atoms with Gasteiger partial charge in [0.1, 0.15) is 11.3 Å². The number of imidazole rings is 1. The average Bonchev–Trinajstić information content (AvgIpc) is 2.99. The van der Waals surface area contributed by atoms with E-state index in [9.17, 15) is 8.78 Å². The summed E-state index contributed by atoms with van der Waals surface area (Å²) in [7, 11) is 0. The molecule has 2 aromatic heterocycles. The fraction of sp³-hybridized carbons (Fsp3) is 0.154. The Morgan fingerprint density at radius 2 is 2.06 bits per heavy atom.